The highest BCUT2D eigenvalue weighted by Crippen LogP contribution is 2.21. The van der Waals surface area contributed by atoms with Gasteiger partial charge in [0.1, 0.15) is 0 Å². The topological polar surface area (TPSA) is 47.7 Å². The number of nitrogens with two attached hydrogens (primary N) is 1. The van der Waals surface area contributed by atoms with Crippen molar-refractivity contribution in [3.8, 4) is 0 Å². The summed E-state index contributed by atoms with van der Waals surface area (Å²) in [5, 5.41) is 0. The molecule has 0 fully saturated rings. The van der Waals surface area contributed by atoms with E-state index in [0.717, 1.165) is 44.1 Å². The monoisotopic (exact) mass is 252 g/mol. The third kappa shape index (κ3) is 4.94. The molecule has 0 aliphatic heterocycles. The maximum Gasteiger partial charge on any atom is 0.0641 e. The molecule has 1 rings (SSSR count). The Balaban J connectivity index is 2.32. The first-order chi connectivity index (χ1) is 8.79. The average molecular weight is 252 g/mol. The summed E-state index contributed by atoms with van der Waals surface area (Å²) in [6.45, 7) is 6.12. The molecule has 0 saturated heterocycles. The summed E-state index contributed by atoms with van der Waals surface area (Å²) in [6.07, 6.45) is 0.941. The molecule has 18 heavy (non-hydrogen) atoms. The minimum atomic E-state index is 0.714. The maximum absolute atomic E-state index is 5.97. The Morgan fingerprint density at radius 2 is 1.94 bits per heavy atom. The first-order valence-corrected chi connectivity index (χ1v) is 6.45. The van der Waals surface area contributed by atoms with Crippen molar-refractivity contribution in [2.75, 3.05) is 50.7 Å². The van der Waals surface area contributed by atoms with E-state index in [9.17, 15) is 0 Å². The number of hydrogen-bond donors (Lipinski definition) is 1. The van der Waals surface area contributed by atoms with Crippen molar-refractivity contribution < 1.29 is 9.47 Å². The molecule has 0 unspecified atom stereocenters. The summed E-state index contributed by atoms with van der Waals surface area (Å²) >= 11 is 0. The van der Waals surface area contributed by atoms with Crippen molar-refractivity contribution in [3.05, 3.63) is 24.3 Å². The number of para-hydroxylation sites is 2. The van der Waals surface area contributed by atoms with E-state index in [2.05, 4.69) is 11.8 Å². The molecule has 0 spiro atoms. The highest BCUT2D eigenvalue weighted by atomic mass is 16.5. The molecule has 0 radical (unpaired) electrons. The van der Waals surface area contributed by atoms with E-state index in [0.29, 0.717) is 6.61 Å². The number of rotatable bonds is 9. The lowest BCUT2D eigenvalue weighted by atomic mass is 10.2. The second kappa shape index (κ2) is 8.78. The lowest BCUT2D eigenvalue weighted by Crippen LogP contribution is -2.28. The van der Waals surface area contributed by atoms with Crippen molar-refractivity contribution in [2.45, 2.75) is 13.3 Å². The molecule has 0 saturated carbocycles. The molecular formula is C14H24N2O2. The Morgan fingerprint density at radius 1 is 1.17 bits per heavy atom. The Kier molecular flexibility index (Phi) is 7.22. The maximum atomic E-state index is 5.97. The summed E-state index contributed by atoms with van der Waals surface area (Å²) in [6, 6.07) is 7.93. The molecule has 0 heterocycles. The van der Waals surface area contributed by atoms with Crippen LogP contribution in [0.15, 0.2) is 24.3 Å². The first-order valence-electron chi connectivity index (χ1n) is 6.45. The van der Waals surface area contributed by atoms with Crippen LogP contribution in [0.1, 0.15) is 13.3 Å². The van der Waals surface area contributed by atoms with Gasteiger partial charge in [0.25, 0.3) is 0 Å². The Morgan fingerprint density at radius 3 is 2.61 bits per heavy atom. The standard InChI is InChI=1S/C14H24N2O2/c1-3-16(9-12-18-11-6-10-17-2)14-8-5-4-7-13(14)15/h4-5,7-8H,3,6,9-12,15H2,1-2H3. The predicted octanol–water partition coefficient (Wildman–Crippen LogP) is 2.15. The smallest absolute Gasteiger partial charge is 0.0641 e. The lowest BCUT2D eigenvalue weighted by Gasteiger charge is -2.24. The molecule has 1 aromatic rings. The average Bonchev–Trinajstić information content (AvgIpc) is 2.39. The Bertz CT molecular complexity index is 331. The number of anilines is 2. The quantitative estimate of drug-likeness (QED) is 0.540. The van der Waals surface area contributed by atoms with Crippen molar-refractivity contribution >= 4 is 11.4 Å². The van der Waals surface area contributed by atoms with Gasteiger partial charge in [-0.15, -0.1) is 0 Å². The van der Waals surface area contributed by atoms with Gasteiger partial charge in [-0.3, -0.25) is 0 Å². The lowest BCUT2D eigenvalue weighted by molar-refractivity contribution is 0.107. The minimum absolute atomic E-state index is 0.714. The highest BCUT2D eigenvalue weighted by Gasteiger charge is 2.06. The van der Waals surface area contributed by atoms with Crippen LogP contribution in [0.3, 0.4) is 0 Å². The number of likely N-dealkylation sites (N-methyl/N-ethyl adjacent to an activating group) is 1. The van der Waals surface area contributed by atoms with Crippen LogP contribution in [0.25, 0.3) is 0 Å². The van der Waals surface area contributed by atoms with Crippen LogP contribution in [0.4, 0.5) is 11.4 Å². The zero-order valence-corrected chi connectivity index (χ0v) is 11.4. The summed E-state index contributed by atoms with van der Waals surface area (Å²) in [5.74, 6) is 0. The van der Waals surface area contributed by atoms with Gasteiger partial charge in [0.15, 0.2) is 0 Å². The molecule has 1 aromatic carbocycles. The Labute approximate surface area is 110 Å². The summed E-state index contributed by atoms with van der Waals surface area (Å²) in [5.41, 5.74) is 7.87. The van der Waals surface area contributed by atoms with Gasteiger partial charge in [0.05, 0.1) is 18.0 Å². The molecular weight excluding hydrogens is 228 g/mol. The van der Waals surface area contributed by atoms with Crippen LogP contribution in [-0.4, -0.2) is 40.0 Å². The van der Waals surface area contributed by atoms with Gasteiger partial charge >= 0.3 is 0 Å². The second-order valence-electron chi connectivity index (χ2n) is 4.10. The number of nitrogens with zero attached hydrogens (tertiary/aromatic N) is 1. The number of ether oxygens (including phenoxy) is 2. The van der Waals surface area contributed by atoms with Gasteiger partial charge in [-0.1, -0.05) is 12.1 Å². The third-order valence-corrected chi connectivity index (χ3v) is 2.80. The fraction of sp³-hybridized carbons (Fsp3) is 0.571. The zero-order valence-electron chi connectivity index (χ0n) is 11.4. The van der Waals surface area contributed by atoms with E-state index in [4.69, 9.17) is 15.2 Å². The van der Waals surface area contributed by atoms with Gasteiger partial charge < -0.3 is 20.1 Å². The first kappa shape index (κ1) is 14.8. The molecule has 0 amide bonds. The van der Waals surface area contributed by atoms with Gasteiger partial charge in [-0.2, -0.15) is 0 Å². The van der Waals surface area contributed by atoms with Crippen LogP contribution in [0.2, 0.25) is 0 Å². The van der Waals surface area contributed by atoms with Gasteiger partial charge in [0, 0.05) is 33.4 Å². The molecule has 4 heteroatoms. The van der Waals surface area contributed by atoms with Crippen LogP contribution in [0.5, 0.6) is 0 Å². The Hall–Kier alpha value is -1.26. The third-order valence-electron chi connectivity index (χ3n) is 2.80. The molecule has 0 aliphatic carbocycles. The highest BCUT2D eigenvalue weighted by molar-refractivity contribution is 5.67. The number of benzene rings is 1. The largest absolute Gasteiger partial charge is 0.397 e. The van der Waals surface area contributed by atoms with Crippen LogP contribution >= 0.6 is 0 Å². The summed E-state index contributed by atoms with van der Waals surface area (Å²) in [4.78, 5) is 2.23. The van der Waals surface area contributed by atoms with E-state index >= 15 is 0 Å². The number of hydrogen-bond acceptors (Lipinski definition) is 4. The van der Waals surface area contributed by atoms with Crippen molar-refractivity contribution in [2.24, 2.45) is 0 Å². The minimum Gasteiger partial charge on any atom is -0.397 e. The molecule has 0 atom stereocenters. The van der Waals surface area contributed by atoms with E-state index in [1.165, 1.54) is 0 Å². The molecule has 102 valence electrons. The predicted molar refractivity (Wildman–Crippen MR) is 76.1 cm³/mol. The van der Waals surface area contributed by atoms with E-state index in [1.54, 1.807) is 7.11 Å². The number of methoxy groups -OCH3 is 1. The van der Waals surface area contributed by atoms with Crippen LogP contribution in [0, 0.1) is 0 Å². The summed E-state index contributed by atoms with van der Waals surface area (Å²) < 4.78 is 10.5. The molecule has 0 bridgehead atoms. The SMILES string of the molecule is CCN(CCOCCCOC)c1ccccc1N. The van der Waals surface area contributed by atoms with Crippen molar-refractivity contribution in [3.63, 3.8) is 0 Å². The zero-order chi connectivity index (χ0) is 13.2. The van der Waals surface area contributed by atoms with Gasteiger partial charge in [-0.25, -0.2) is 0 Å². The summed E-state index contributed by atoms with van der Waals surface area (Å²) in [7, 11) is 1.71. The van der Waals surface area contributed by atoms with Crippen molar-refractivity contribution in [1.82, 2.24) is 0 Å². The van der Waals surface area contributed by atoms with Gasteiger partial charge in [-0.05, 0) is 25.5 Å². The second-order valence-corrected chi connectivity index (χ2v) is 4.10. The van der Waals surface area contributed by atoms with E-state index in [-0.39, 0.29) is 0 Å². The fourth-order valence-corrected chi connectivity index (χ4v) is 1.81. The normalized spacial score (nSPS) is 10.6. The van der Waals surface area contributed by atoms with Crippen molar-refractivity contribution in [1.29, 1.82) is 0 Å². The van der Waals surface area contributed by atoms with E-state index < -0.39 is 0 Å². The fourth-order valence-electron chi connectivity index (χ4n) is 1.81. The number of nitrogen functional groups attached to an aromatic ring is 1. The van der Waals surface area contributed by atoms with Crippen LogP contribution < -0.4 is 10.6 Å². The van der Waals surface area contributed by atoms with Gasteiger partial charge in [0.2, 0.25) is 0 Å². The van der Waals surface area contributed by atoms with Crippen LogP contribution in [-0.2, 0) is 9.47 Å². The molecule has 0 aliphatic rings. The van der Waals surface area contributed by atoms with E-state index in [1.807, 2.05) is 24.3 Å². The molecule has 2 N–H and O–H groups in total. The molecule has 0 aromatic heterocycles. The molecule has 4 nitrogen and oxygen atoms in total.